The van der Waals surface area contributed by atoms with Gasteiger partial charge >= 0.3 is 29.6 Å². The number of hydrogen-bond acceptors (Lipinski definition) is 10. The molecule has 2 fully saturated rings. The minimum atomic E-state index is -0.995. The van der Waals surface area contributed by atoms with Crippen molar-refractivity contribution in [3.05, 3.63) is 85.1 Å². The Hall–Kier alpha value is -3.87. The molecule has 2 saturated heterocycles. The number of amides is 7. The molecule has 4 aliphatic heterocycles. The molecule has 0 radical (unpaired) electrons. The van der Waals surface area contributed by atoms with Gasteiger partial charge < -0.3 is 16.0 Å². The second-order valence-corrected chi connectivity index (χ2v) is 13.5. The topological polar surface area (TPSA) is 257 Å². The van der Waals surface area contributed by atoms with E-state index in [1.807, 2.05) is 12.1 Å². The van der Waals surface area contributed by atoms with Gasteiger partial charge in [0.25, 0.3) is 17.7 Å². The van der Waals surface area contributed by atoms with Gasteiger partial charge in [0.05, 0.1) is 21.7 Å². The van der Waals surface area contributed by atoms with Crippen molar-refractivity contribution in [3.63, 3.8) is 0 Å². The fourth-order valence-electron chi connectivity index (χ4n) is 5.48. The maximum atomic E-state index is 12.7. The predicted molar refractivity (Wildman–Crippen MR) is 175 cm³/mol. The SMILES string of the molecule is O=C1CCC(N2Cc3c(SCBr)cccc3C2=O)C(=O)N1.[N-]=[N+]=NCSc1cccc2c1C(=O)N(C1CCC(=O)NC1=O)C2=O.[N-]=[N+]=[N-].[Na+]. The number of nitrogens with zero attached hydrogens (tertiary/aromatic N) is 8. The molecule has 0 spiro atoms. The van der Waals surface area contributed by atoms with Crippen LogP contribution in [0.4, 0.5) is 0 Å². The molecular weight excluding hydrogens is 755 g/mol. The third-order valence-electron chi connectivity index (χ3n) is 7.52. The van der Waals surface area contributed by atoms with Gasteiger partial charge in [0.2, 0.25) is 23.6 Å². The number of hydrogen-bond donors (Lipinski definition) is 2. The molecule has 49 heavy (non-hydrogen) atoms. The Morgan fingerprint density at radius 1 is 0.796 bits per heavy atom. The Labute approximate surface area is 317 Å². The molecule has 0 aromatic heterocycles. The van der Waals surface area contributed by atoms with Crippen LogP contribution in [0.2, 0.25) is 0 Å². The van der Waals surface area contributed by atoms with Crippen molar-refractivity contribution in [2.24, 2.45) is 5.11 Å². The van der Waals surface area contributed by atoms with E-state index in [0.29, 0.717) is 23.4 Å². The molecule has 2 aromatic carbocycles. The molecule has 2 atom stereocenters. The fraction of sp³-hybridized carbons (Fsp3) is 0.321. The maximum absolute atomic E-state index is 12.7. The fourth-order valence-corrected chi connectivity index (χ4v) is 7.63. The number of halogens is 1. The molecular formula is C28H24BrN10NaO7S2. The van der Waals surface area contributed by atoms with Gasteiger partial charge in [-0.2, -0.15) is 0 Å². The van der Waals surface area contributed by atoms with E-state index in [1.54, 1.807) is 34.9 Å². The Balaban J connectivity index is 0.000000243. The molecule has 2 aromatic rings. The predicted octanol–water partition coefficient (Wildman–Crippen LogP) is 1.21. The van der Waals surface area contributed by atoms with Crippen molar-refractivity contribution in [2.75, 3.05) is 10.5 Å². The molecule has 0 saturated carbocycles. The van der Waals surface area contributed by atoms with E-state index < -0.39 is 35.7 Å². The summed E-state index contributed by atoms with van der Waals surface area (Å²) in [5.74, 6) is -2.89. The first kappa shape index (κ1) is 39.6. The third-order valence-corrected chi connectivity index (χ3v) is 9.91. The van der Waals surface area contributed by atoms with Gasteiger partial charge in [0, 0.05) is 39.7 Å². The van der Waals surface area contributed by atoms with Crippen molar-refractivity contribution >= 4 is 80.8 Å². The second kappa shape index (κ2) is 18.2. The van der Waals surface area contributed by atoms with E-state index in [9.17, 15) is 33.6 Å². The van der Waals surface area contributed by atoms with Crippen molar-refractivity contribution in [1.82, 2.24) is 20.4 Å². The number of alkyl halides is 1. The summed E-state index contributed by atoms with van der Waals surface area (Å²) in [5.41, 5.74) is 23.9. The van der Waals surface area contributed by atoms with Crippen molar-refractivity contribution in [1.29, 1.82) is 0 Å². The molecule has 4 aliphatic rings. The average molecular weight is 780 g/mol. The van der Waals surface area contributed by atoms with Crippen LogP contribution < -0.4 is 40.2 Å². The number of carbonyl (C=O) groups excluding carboxylic acids is 7. The Morgan fingerprint density at radius 3 is 1.94 bits per heavy atom. The third kappa shape index (κ3) is 8.84. The Kier molecular flexibility index (Phi) is 14.7. The van der Waals surface area contributed by atoms with Crippen LogP contribution in [0.1, 0.15) is 62.3 Å². The number of imide groups is 3. The monoisotopic (exact) mass is 778 g/mol. The van der Waals surface area contributed by atoms with Crippen LogP contribution >= 0.6 is 39.5 Å². The Morgan fingerprint density at radius 2 is 1.37 bits per heavy atom. The molecule has 2 N–H and O–H groups in total. The first-order valence-corrected chi connectivity index (χ1v) is 17.1. The molecule has 0 bridgehead atoms. The standard InChI is InChI=1S/C14H13BrN2O3S.C14H11N5O4S.N3.Na/c15-7-21-11-3-1-2-8-9(11)6-17(14(8)20)10-4-5-12(18)16-13(10)19;15-18-16-6-24-9-3-1-2-7-11(9)14(23)19(13(7)22)8-4-5-10(20)17-12(8)21;1-3-2;/h1-3,10H,4-7H2,(H,16,18,19);1-3,8H,4-6H2,(H,17,20,21);;/q;;-1;+1. The summed E-state index contributed by atoms with van der Waals surface area (Å²) in [6.07, 6.45) is 0.852. The van der Waals surface area contributed by atoms with Crippen molar-refractivity contribution in [2.45, 2.75) is 54.1 Å². The molecule has 7 amide bonds. The van der Waals surface area contributed by atoms with Crippen LogP contribution in [0, 0.1) is 0 Å². The van der Waals surface area contributed by atoms with Crippen LogP contribution in [0.3, 0.4) is 0 Å². The number of azide groups is 1. The van der Waals surface area contributed by atoms with E-state index >= 15 is 0 Å². The molecule has 4 heterocycles. The van der Waals surface area contributed by atoms with Crippen molar-refractivity contribution in [3.8, 4) is 0 Å². The van der Waals surface area contributed by atoms with Gasteiger partial charge in [0.15, 0.2) is 0 Å². The van der Waals surface area contributed by atoms with E-state index in [2.05, 4.69) is 36.6 Å². The van der Waals surface area contributed by atoms with Crippen LogP contribution in [0.5, 0.6) is 0 Å². The smallest absolute Gasteiger partial charge is 0.373 e. The summed E-state index contributed by atoms with van der Waals surface area (Å²) in [6, 6.07) is 8.86. The molecule has 248 valence electrons. The van der Waals surface area contributed by atoms with Gasteiger partial charge in [0.1, 0.15) is 12.1 Å². The first-order chi connectivity index (χ1) is 23.1. The minimum Gasteiger partial charge on any atom is -0.373 e. The summed E-state index contributed by atoms with van der Waals surface area (Å²) >= 11 is 6.13. The first-order valence-electron chi connectivity index (χ1n) is 14.0. The normalized spacial score (nSPS) is 19.1. The quantitative estimate of drug-likeness (QED) is 0.0778. The number of rotatable bonds is 7. The summed E-state index contributed by atoms with van der Waals surface area (Å²) in [7, 11) is 0. The maximum Gasteiger partial charge on any atom is 1.00 e. The molecule has 17 nitrogen and oxygen atoms in total. The summed E-state index contributed by atoms with van der Waals surface area (Å²) < 4.78 is 0.746. The molecule has 6 rings (SSSR count). The molecule has 2 unspecified atom stereocenters. The number of carbonyl (C=O) groups is 7. The van der Waals surface area contributed by atoms with E-state index in [1.165, 1.54) is 11.0 Å². The number of nitrogens with one attached hydrogen (secondary N) is 2. The van der Waals surface area contributed by atoms with E-state index in [-0.39, 0.29) is 83.5 Å². The van der Waals surface area contributed by atoms with Gasteiger partial charge in [-0.15, -0.1) is 23.5 Å². The number of thioether (sulfide) groups is 2. The largest absolute Gasteiger partial charge is 1.00 e. The Bertz CT molecular complexity index is 1800. The zero-order valence-electron chi connectivity index (χ0n) is 25.7. The second-order valence-electron chi connectivity index (χ2n) is 10.2. The van der Waals surface area contributed by atoms with Gasteiger partial charge in [-0.3, -0.25) is 54.0 Å². The number of benzene rings is 2. The number of fused-ring (bicyclic) bond motifs is 2. The van der Waals surface area contributed by atoms with Gasteiger partial charge in [-0.05, 0) is 48.2 Å². The average Bonchev–Trinajstić information content (AvgIpc) is 3.52. The van der Waals surface area contributed by atoms with Crippen LogP contribution in [0.25, 0.3) is 26.4 Å². The van der Waals surface area contributed by atoms with Gasteiger partial charge in [-0.25, -0.2) is 0 Å². The van der Waals surface area contributed by atoms with E-state index in [0.717, 1.165) is 31.8 Å². The van der Waals surface area contributed by atoms with Crippen LogP contribution in [-0.2, 0) is 25.7 Å². The minimum absolute atomic E-state index is 0. The summed E-state index contributed by atoms with van der Waals surface area (Å²) in [6.45, 7) is 0.427. The molecule has 0 aliphatic carbocycles. The van der Waals surface area contributed by atoms with E-state index in [4.69, 9.17) is 16.6 Å². The van der Waals surface area contributed by atoms with Gasteiger partial charge in [-0.1, -0.05) is 33.2 Å². The zero-order valence-corrected chi connectivity index (χ0v) is 30.9. The summed E-state index contributed by atoms with van der Waals surface area (Å²) in [4.78, 5) is 92.4. The van der Waals surface area contributed by atoms with Crippen LogP contribution in [0.15, 0.2) is 51.3 Å². The van der Waals surface area contributed by atoms with Crippen molar-refractivity contribution < 1.29 is 63.1 Å². The zero-order chi connectivity index (χ0) is 35.0. The number of piperidine rings is 2. The molecule has 21 heteroatoms. The van der Waals surface area contributed by atoms with Crippen LogP contribution in [-0.4, -0.2) is 73.8 Å². The summed E-state index contributed by atoms with van der Waals surface area (Å²) in [5, 5.41) is 7.85.